The second-order valence-electron chi connectivity index (χ2n) is 4.70. The van der Waals surface area contributed by atoms with Crippen molar-refractivity contribution in [3.63, 3.8) is 0 Å². The molecule has 19 heavy (non-hydrogen) atoms. The van der Waals surface area contributed by atoms with E-state index >= 15 is 0 Å². The number of anilines is 1. The lowest BCUT2D eigenvalue weighted by atomic mass is 10.1. The van der Waals surface area contributed by atoms with Gasteiger partial charge in [0.2, 0.25) is 0 Å². The predicted molar refractivity (Wildman–Crippen MR) is 77.3 cm³/mol. The zero-order chi connectivity index (χ0) is 13.2. The van der Waals surface area contributed by atoms with E-state index in [-0.39, 0.29) is 0 Å². The van der Waals surface area contributed by atoms with Gasteiger partial charge in [-0.3, -0.25) is 0 Å². The highest BCUT2D eigenvalue weighted by Crippen LogP contribution is 2.35. The molecule has 0 saturated heterocycles. The highest BCUT2D eigenvalue weighted by Gasteiger charge is 2.13. The van der Waals surface area contributed by atoms with Crippen molar-refractivity contribution < 1.29 is 9.47 Å². The van der Waals surface area contributed by atoms with Crippen LogP contribution in [0.2, 0.25) is 0 Å². The third-order valence-corrected chi connectivity index (χ3v) is 3.53. The standard InChI is InChI=1S/C14H16N2O2S/c1-9(2)15-14-16-11(8-19-14)10-3-4-12-13(7-10)18-6-5-17-12/h3-4,7-9H,5-6H2,1-2H3,(H,15,16). The van der Waals surface area contributed by atoms with Crippen molar-refractivity contribution in [2.45, 2.75) is 19.9 Å². The molecule has 5 heteroatoms. The molecule has 1 aliphatic rings. The fourth-order valence-electron chi connectivity index (χ4n) is 1.92. The quantitative estimate of drug-likeness (QED) is 0.933. The van der Waals surface area contributed by atoms with Crippen molar-refractivity contribution in [2.75, 3.05) is 18.5 Å². The molecular formula is C14H16N2O2S. The van der Waals surface area contributed by atoms with E-state index in [0.29, 0.717) is 19.3 Å². The van der Waals surface area contributed by atoms with E-state index in [9.17, 15) is 0 Å². The van der Waals surface area contributed by atoms with Gasteiger partial charge < -0.3 is 14.8 Å². The van der Waals surface area contributed by atoms with Gasteiger partial charge in [0.25, 0.3) is 0 Å². The lowest BCUT2D eigenvalue weighted by Gasteiger charge is -2.18. The molecule has 0 spiro atoms. The lowest BCUT2D eigenvalue weighted by molar-refractivity contribution is 0.171. The molecule has 4 nitrogen and oxygen atoms in total. The Balaban J connectivity index is 1.87. The van der Waals surface area contributed by atoms with Crippen molar-refractivity contribution >= 4 is 16.5 Å². The number of rotatable bonds is 3. The van der Waals surface area contributed by atoms with Crippen LogP contribution in [0.25, 0.3) is 11.3 Å². The molecule has 0 saturated carbocycles. The first kappa shape index (κ1) is 12.3. The maximum Gasteiger partial charge on any atom is 0.183 e. The molecule has 2 aromatic rings. The van der Waals surface area contributed by atoms with Crippen LogP contribution >= 0.6 is 11.3 Å². The molecule has 1 N–H and O–H groups in total. The summed E-state index contributed by atoms with van der Waals surface area (Å²) in [5.74, 6) is 1.61. The first-order chi connectivity index (χ1) is 9.22. The molecule has 0 radical (unpaired) electrons. The number of aromatic nitrogens is 1. The van der Waals surface area contributed by atoms with Crippen LogP contribution in [0.3, 0.4) is 0 Å². The first-order valence-electron chi connectivity index (χ1n) is 6.34. The third-order valence-electron chi connectivity index (χ3n) is 2.75. The van der Waals surface area contributed by atoms with Crippen molar-refractivity contribution in [3.05, 3.63) is 23.6 Å². The summed E-state index contributed by atoms with van der Waals surface area (Å²) in [6.45, 7) is 5.43. The second kappa shape index (κ2) is 5.09. The van der Waals surface area contributed by atoms with Gasteiger partial charge in [0.15, 0.2) is 16.6 Å². The summed E-state index contributed by atoms with van der Waals surface area (Å²) < 4.78 is 11.1. The van der Waals surface area contributed by atoms with Crippen LogP contribution in [0.15, 0.2) is 23.6 Å². The molecular weight excluding hydrogens is 260 g/mol. The number of hydrogen-bond donors (Lipinski definition) is 1. The smallest absolute Gasteiger partial charge is 0.183 e. The van der Waals surface area contributed by atoms with E-state index < -0.39 is 0 Å². The summed E-state index contributed by atoms with van der Waals surface area (Å²) in [4.78, 5) is 4.58. The largest absolute Gasteiger partial charge is 0.486 e. The molecule has 100 valence electrons. The Morgan fingerprint density at radius 2 is 2.00 bits per heavy atom. The van der Waals surface area contributed by atoms with Crippen LogP contribution < -0.4 is 14.8 Å². The summed E-state index contributed by atoms with van der Waals surface area (Å²) in [6, 6.07) is 6.34. The fraction of sp³-hybridized carbons (Fsp3) is 0.357. The summed E-state index contributed by atoms with van der Waals surface area (Å²) in [5.41, 5.74) is 2.02. The number of hydrogen-bond acceptors (Lipinski definition) is 5. The Morgan fingerprint density at radius 3 is 2.79 bits per heavy atom. The highest BCUT2D eigenvalue weighted by molar-refractivity contribution is 7.14. The van der Waals surface area contributed by atoms with Crippen LogP contribution in [0.5, 0.6) is 11.5 Å². The Hall–Kier alpha value is -1.75. The van der Waals surface area contributed by atoms with Crippen molar-refractivity contribution in [2.24, 2.45) is 0 Å². The van der Waals surface area contributed by atoms with Gasteiger partial charge in [0.1, 0.15) is 13.2 Å². The van der Waals surface area contributed by atoms with Crippen molar-refractivity contribution in [3.8, 4) is 22.8 Å². The highest BCUT2D eigenvalue weighted by atomic mass is 32.1. The number of ether oxygens (including phenoxy) is 2. The average molecular weight is 276 g/mol. The average Bonchev–Trinajstić information content (AvgIpc) is 2.86. The topological polar surface area (TPSA) is 43.4 Å². The number of fused-ring (bicyclic) bond motifs is 1. The number of nitrogens with one attached hydrogen (secondary N) is 1. The third kappa shape index (κ3) is 2.66. The monoisotopic (exact) mass is 276 g/mol. The molecule has 0 amide bonds. The SMILES string of the molecule is CC(C)Nc1nc(-c2ccc3c(c2)OCCO3)cs1. The molecule has 0 fully saturated rings. The predicted octanol–water partition coefficient (Wildman–Crippen LogP) is 3.40. The van der Waals surface area contributed by atoms with Crippen molar-refractivity contribution in [1.82, 2.24) is 4.98 Å². The van der Waals surface area contributed by atoms with Crippen LogP contribution in [0, 0.1) is 0 Å². The molecule has 0 atom stereocenters. The molecule has 0 bridgehead atoms. The van der Waals surface area contributed by atoms with Gasteiger partial charge in [0.05, 0.1) is 5.69 Å². The zero-order valence-corrected chi connectivity index (χ0v) is 11.8. The minimum atomic E-state index is 0.388. The Morgan fingerprint density at radius 1 is 1.21 bits per heavy atom. The van der Waals surface area contributed by atoms with E-state index in [0.717, 1.165) is 27.9 Å². The molecule has 1 aromatic carbocycles. The maximum atomic E-state index is 5.59. The molecule has 1 aliphatic heterocycles. The van der Waals surface area contributed by atoms with Crippen LogP contribution in [-0.4, -0.2) is 24.2 Å². The Bertz CT molecular complexity index is 581. The molecule has 1 aromatic heterocycles. The summed E-state index contributed by atoms with van der Waals surface area (Å²) >= 11 is 1.62. The van der Waals surface area contributed by atoms with Gasteiger partial charge in [-0.15, -0.1) is 11.3 Å². The van der Waals surface area contributed by atoms with E-state index in [4.69, 9.17) is 9.47 Å². The normalized spacial score (nSPS) is 13.6. The molecule has 0 aliphatic carbocycles. The lowest BCUT2D eigenvalue weighted by Crippen LogP contribution is -2.15. The number of nitrogens with zero attached hydrogens (tertiary/aromatic N) is 1. The summed E-state index contributed by atoms with van der Waals surface area (Å²) in [5, 5.41) is 6.30. The van der Waals surface area contributed by atoms with Crippen LogP contribution in [0.1, 0.15) is 13.8 Å². The van der Waals surface area contributed by atoms with Gasteiger partial charge in [-0.25, -0.2) is 4.98 Å². The van der Waals surface area contributed by atoms with E-state index in [1.807, 2.05) is 18.2 Å². The first-order valence-corrected chi connectivity index (χ1v) is 7.22. The number of benzene rings is 1. The molecule has 2 heterocycles. The van der Waals surface area contributed by atoms with Crippen molar-refractivity contribution in [1.29, 1.82) is 0 Å². The zero-order valence-electron chi connectivity index (χ0n) is 11.0. The van der Waals surface area contributed by atoms with Gasteiger partial charge >= 0.3 is 0 Å². The maximum absolute atomic E-state index is 5.59. The van der Waals surface area contributed by atoms with Gasteiger partial charge in [-0.2, -0.15) is 0 Å². The van der Waals surface area contributed by atoms with E-state index in [1.54, 1.807) is 11.3 Å². The Labute approximate surface area is 116 Å². The fourth-order valence-corrected chi connectivity index (χ4v) is 2.79. The molecule has 3 rings (SSSR count). The molecule has 0 unspecified atom stereocenters. The second-order valence-corrected chi connectivity index (χ2v) is 5.55. The van der Waals surface area contributed by atoms with Gasteiger partial charge in [-0.1, -0.05) is 0 Å². The minimum Gasteiger partial charge on any atom is -0.486 e. The van der Waals surface area contributed by atoms with Crippen LogP contribution in [0.4, 0.5) is 5.13 Å². The van der Waals surface area contributed by atoms with Gasteiger partial charge in [0, 0.05) is 17.0 Å². The van der Waals surface area contributed by atoms with E-state index in [1.165, 1.54) is 0 Å². The minimum absolute atomic E-state index is 0.388. The Kier molecular flexibility index (Phi) is 3.29. The van der Waals surface area contributed by atoms with Gasteiger partial charge in [-0.05, 0) is 32.0 Å². The summed E-state index contributed by atoms with van der Waals surface area (Å²) in [6.07, 6.45) is 0. The van der Waals surface area contributed by atoms with Crippen LogP contribution in [-0.2, 0) is 0 Å². The van der Waals surface area contributed by atoms with E-state index in [2.05, 4.69) is 29.5 Å². The number of thiazole rings is 1. The summed E-state index contributed by atoms with van der Waals surface area (Å²) in [7, 11) is 0.